The van der Waals surface area contributed by atoms with Crippen LogP contribution in [-0.2, 0) is 63.5 Å². The van der Waals surface area contributed by atoms with Gasteiger partial charge in [-0.1, -0.05) is 46.8 Å². The molecule has 18 nitrogen and oxygen atoms in total. The number of anilines is 1. The second-order valence-electron chi connectivity index (χ2n) is 17.2. The van der Waals surface area contributed by atoms with Gasteiger partial charge in [0, 0.05) is 53.6 Å². The Hall–Kier alpha value is -7.25. The smallest absolute Gasteiger partial charge is 0.460 e. The molecule has 0 aliphatic carbocycles. The number of cyclic esters (lactones) is 1. The number of rotatable bonds is 18. The molecule has 0 unspecified atom stereocenters. The number of nitrogens with one attached hydrogen (secondary N) is 5. The zero-order valence-electron chi connectivity index (χ0n) is 37.8. The highest BCUT2D eigenvalue weighted by Gasteiger charge is 2.45. The van der Waals surface area contributed by atoms with Crippen molar-refractivity contribution >= 4 is 58.2 Å². The number of Topliss-reactive ketones (excluding diaryl/α,β-unsaturated/α-hetero) is 1. The van der Waals surface area contributed by atoms with E-state index in [-0.39, 0.29) is 92.2 Å². The van der Waals surface area contributed by atoms with Crippen LogP contribution in [0.5, 0.6) is 0 Å². The number of ether oxygens (including phenoxy) is 3. The minimum Gasteiger partial charge on any atom is -0.460 e. The number of pyridine rings is 2. The molecule has 20 heteroatoms. The Morgan fingerprint density at radius 2 is 1.69 bits per heavy atom. The summed E-state index contributed by atoms with van der Waals surface area (Å²) in [5.74, 6) is -5.43. The van der Waals surface area contributed by atoms with E-state index < -0.39 is 71.1 Å². The molecule has 0 saturated heterocycles. The fourth-order valence-corrected chi connectivity index (χ4v) is 7.93. The number of aromatic nitrogens is 2. The number of amides is 3. The molecule has 7 N–H and O–H groups in total. The maximum atomic E-state index is 14.2. The largest absolute Gasteiger partial charge is 0.509 e. The SMILES string of the molecule is CC[C@@]1(OC(=O)OCc2ccc(NC(=O)[C@H](CCCNC(=N)N)NC(=O)[C@@H](NC(=O)CCC(=O)C(C)C)C(C)C)cc2)CC(=O)OCc2c1cc1n(c2=O)Cc2cc3cc(F)c(F)cc3nc2-1. The van der Waals surface area contributed by atoms with Gasteiger partial charge in [-0.3, -0.25) is 34.2 Å². The van der Waals surface area contributed by atoms with Gasteiger partial charge in [0.15, 0.2) is 23.2 Å². The van der Waals surface area contributed by atoms with Gasteiger partial charge in [0.1, 0.15) is 31.1 Å². The van der Waals surface area contributed by atoms with Gasteiger partial charge < -0.3 is 45.8 Å². The summed E-state index contributed by atoms with van der Waals surface area (Å²) in [7, 11) is 0. The Morgan fingerprint density at radius 3 is 2.36 bits per heavy atom. The van der Waals surface area contributed by atoms with Crippen molar-refractivity contribution in [2.45, 2.75) is 111 Å². The van der Waals surface area contributed by atoms with Gasteiger partial charge in [0.2, 0.25) is 17.7 Å². The fourth-order valence-electron chi connectivity index (χ4n) is 7.93. The lowest BCUT2D eigenvalue weighted by Gasteiger charge is -2.31. The lowest BCUT2D eigenvalue weighted by molar-refractivity contribution is -0.150. The summed E-state index contributed by atoms with van der Waals surface area (Å²) in [6.45, 7) is 8.24. The van der Waals surface area contributed by atoms with Gasteiger partial charge in [-0.2, -0.15) is 0 Å². The van der Waals surface area contributed by atoms with Gasteiger partial charge in [-0.05, 0) is 61.1 Å². The number of carbonyl (C=O) groups excluding carboxylic acids is 6. The molecule has 6 rings (SSSR count). The molecule has 356 valence electrons. The summed E-state index contributed by atoms with van der Waals surface area (Å²) in [5.41, 5.74) is 5.73. The third-order valence-electron chi connectivity index (χ3n) is 11.8. The highest BCUT2D eigenvalue weighted by atomic mass is 19.2. The van der Waals surface area contributed by atoms with Gasteiger partial charge in [-0.25, -0.2) is 18.6 Å². The van der Waals surface area contributed by atoms with Crippen LogP contribution < -0.4 is 32.6 Å². The van der Waals surface area contributed by atoms with Crippen LogP contribution in [-0.4, -0.2) is 69.8 Å². The summed E-state index contributed by atoms with van der Waals surface area (Å²) in [6.07, 6.45) is -1.15. The van der Waals surface area contributed by atoms with Crippen molar-refractivity contribution in [2.75, 3.05) is 11.9 Å². The van der Waals surface area contributed by atoms with Crippen molar-refractivity contribution in [3.63, 3.8) is 0 Å². The van der Waals surface area contributed by atoms with Crippen LogP contribution in [0.1, 0.15) is 95.4 Å². The highest BCUT2D eigenvalue weighted by Crippen LogP contribution is 2.42. The van der Waals surface area contributed by atoms with Gasteiger partial charge in [-0.15, -0.1) is 0 Å². The van der Waals surface area contributed by atoms with Crippen molar-refractivity contribution in [1.82, 2.24) is 25.5 Å². The van der Waals surface area contributed by atoms with Gasteiger partial charge >= 0.3 is 12.1 Å². The Bertz CT molecular complexity index is 2670. The predicted octanol–water partition coefficient (Wildman–Crippen LogP) is 4.94. The molecule has 0 saturated carbocycles. The Labute approximate surface area is 384 Å². The van der Waals surface area contributed by atoms with Crippen LogP contribution in [0.4, 0.5) is 19.3 Å². The number of benzene rings is 2. The molecule has 2 aliphatic heterocycles. The van der Waals surface area contributed by atoms with E-state index in [1.807, 2.05) is 0 Å². The number of halogens is 2. The molecule has 67 heavy (non-hydrogen) atoms. The van der Waals surface area contributed by atoms with Crippen LogP contribution in [0, 0.1) is 28.9 Å². The van der Waals surface area contributed by atoms with E-state index in [1.165, 1.54) is 4.57 Å². The lowest BCUT2D eigenvalue weighted by atomic mass is 9.85. The predicted molar refractivity (Wildman–Crippen MR) is 240 cm³/mol. The monoisotopic (exact) mass is 928 g/mol. The number of ketones is 1. The Kier molecular flexibility index (Phi) is 15.4. The van der Waals surface area contributed by atoms with Crippen LogP contribution in [0.15, 0.2) is 53.3 Å². The van der Waals surface area contributed by atoms with Crippen molar-refractivity contribution in [3.05, 3.63) is 92.8 Å². The second kappa shape index (κ2) is 20.9. The summed E-state index contributed by atoms with van der Waals surface area (Å²) in [6, 6.07) is 9.41. The van der Waals surface area contributed by atoms with Crippen LogP contribution in [0.2, 0.25) is 0 Å². The quantitative estimate of drug-likeness (QED) is 0.0295. The average Bonchev–Trinajstić information content (AvgIpc) is 3.56. The fraction of sp³-hybridized carbons (Fsp3) is 0.426. The molecular weight excluding hydrogens is 875 g/mol. The minimum atomic E-state index is -1.69. The van der Waals surface area contributed by atoms with E-state index in [1.54, 1.807) is 71.0 Å². The summed E-state index contributed by atoms with van der Waals surface area (Å²) < 4.78 is 46.5. The van der Waals surface area contributed by atoms with E-state index in [4.69, 9.17) is 25.4 Å². The number of nitrogens with two attached hydrogens (primary N) is 1. The Balaban J connectivity index is 1.13. The zero-order chi connectivity index (χ0) is 48.7. The molecule has 2 aromatic carbocycles. The first-order valence-electron chi connectivity index (χ1n) is 22.0. The van der Waals surface area contributed by atoms with Crippen molar-refractivity contribution in [2.24, 2.45) is 17.6 Å². The third-order valence-corrected chi connectivity index (χ3v) is 11.8. The number of hydrogen-bond acceptors (Lipinski definition) is 12. The Morgan fingerprint density at radius 1 is 0.970 bits per heavy atom. The maximum Gasteiger partial charge on any atom is 0.509 e. The molecule has 4 heterocycles. The molecule has 3 atom stereocenters. The van der Waals surface area contributed by atoms with Crippen LogP contribution in [0.3, 0.4) is 0 Å². The molecule has 2 aromatic heterocycles. The number of guanidine groups is 1. The van der Waals surface area contributed by atoms with E-state index in [0.717, 1.165) is 12.1 Å². The van der Waals surface area contributed by atoms with Crippen molar-refractivity contribution in [1.29, 1.82) is 5.41 Å². The van der Waals surface area contributed by atoms with Crippen LogP contribution in [0.25, 0.3) is 22.3 Å². The number of carbonyl (C=O) groups is 6. The number of hydrogen-bond donors (Lipinski definition) is 6. The first kappa shape index (κ1) is 49.2. The number of fused-ring (bicyclic) bond motifs is 5. The molecule has 0 fully saturated rings. The van der Waals surface area contributed by atoms with Gasteiger partial charge in [0.05, 0.1) is 35.4 Å². The van der Waals surface area contributed by atoms with E-state index in [0.29, 0.717) is 40.0 Å². The normalized spacial score (nSPS) is 15.9. The minimum absolute atomic E-state index is 0.0298. The first-order valence-corrected chi connectivity index (χ1v) is 22.0. The maximum absolute atomic E-state index is 14.2. The van der Waals surface area contributed by atoms with Crippen molar-refractivity contribution < 1.29 is 51.8 Å². The molecule has 2 aliphatic rings. The average molecular weight is 929 g/mol. The van der Waals surface area contributed by atoms with E-state index in [2.05, 4.69) is 26.3 Å². The first-order chi connectivity index (χ1) is 31.8. The third kappa shape index (κ3) is 11.6. The number of nitrogens with zero attached hydrogens (tertiary/aromatic N) is 2. The molecule has 3 amide bonds. The highest BCUT2D eigenvalue weighted by molar-refractivity contribution is 5.98. The van der Waals surface area contributed by atoms with Gasteiger partial charge in [0.25, 0.3) is 5.56 Å². The molecule has 4 aromatic rings. The second-order valence-corrected chi connectivity index (χ2v) is 17.2. The zero-order valence-corrected chi connectivity index (χ0v) is 37.8. The van der Waals surface area contributed by atoms with Crippen molar-refractivity contribution in [3.8, 4) is 11.4 Å². The van der Waals surface area contributed by atoms with E-state index >= 15 is 0 Å². The molecule has 0 bridgehead atoms. The molecular formula is C47H54F2N8O10. The standard InChI is InChI=1S/C47H54F2N8O10/c1-6-47(20-39(60)65-23-30-31(47)18-36-41-28(21-57(36)44(30)63)16-27-17-32(48)33(49)19-35(27)54-41)67-46(64)66-22-26-9-11-29(12-10-26)53-42(61)34(8-7-15-52-45(50)51)55-43(62)40(25(4)5)56-38(59)14-13-37(58)24(2)3/h9-12,16-19,24-25,34,40H,6-8,13-15,20-23H2,1-5H3,(H,53,61)(H,55,62)(H,56,59)(H4,50,51,52)/t34-,40-,47+/m0/s1. The summed E-state index contributed by atoms with van der Waals surface area (Å²) in [5, 5.41) is 18.6. The molecule has 0 spiro atoms. The van der Waals surface area contributed by atoms with E-state index in [9.17, 15) is 42.3 Å². The topological polar surface area (TPSA) is 263 Å². The molecule has 0 radical (unpaired) electrons. The lowest BCUT2D eigenvalue weighted by Crippen LogP contribution is -2.54. The summed E-state index contributed by atoms with van der Waals surface area (Å²) in [4.78, 5) is 96.9. The summed E-state index contributed by atoms with van der Waals surface area (Å²) >= 11 is 0. The van der Waals surface area contributed by atoms with Crippen LogP contribution >= 0.6 is 0 Å². The number of esters is 1.